The fourth-order valence-corrected chi connectivity index (χ4v) is 2.43. The second-order valence-corrected chi connectivity index (χ2v) is 5.20. The Morgan fingerprint density at radius 3 is 2.44 bits per heavy atom. The SMILES string of the molecule is CC1CC1C(O)C(CN)c1ccc(Cl)cc1. The highest BCUT2D eigenvalue weighted by Gasteiger charge is 2.42. The monoisotopic (exact) mass is 239 g/mol. The highest BCUT2D eigenvalue weighted by molar-refractivity contribution is 6.30. The normalized spacial score (nSPS) is 27.5. The van der Waals surface area contributed by atoms with Crippen molar-refractivity contribution in [1.82, 2.24) is 0 Å². The van der Waals surface area contributed by atoms with Crippen LogP contribution < -0.4 is 5.73 Å². The Kier molecular flexibility index (Phi) is 3.53. The molecule has 0 aromatic heterocycles. The lowest BCUT2D eigenvalue weighted by Gasteiger charge is -2.22. The summed E-state index contributed by atoms with van der Waals surface area (Å²) in [6.07, 6.45) is 0.798. The van der Waals surface area contributed by atoms with Crippen LogP contribution in [0.4, 0.5) is 0 Å². The van der Waals surface area contributed by atoms with Crippen molar-refractivity contribution in [3.63, 3.8) is 0 Å². The Balaban J connectivity index is 2.12. The van der Waals surface area contributed by atoms with Crippen LogP contribution in [0, 0.1) is 11.8 Å². The van der Waals surface area contributed by atoms with E-state index < -0.39 is 0 Å². The van der Waals surface area contributed by atoms with Crippen LogP contribution in [0.15, 0.2) is 24.3 Å². The van der Waals surface area contributed by atoms with Gasteiger partial charge in [-0.05, 0) is 36.0 Å². The van der Waals surface area contributed by atoms with Gasteiger partial charge in [0.05, 0.1) is 6.10 Å². The van der Waals surface area contributed by atoms with E-state index in [1.807, 2.05) is 24.3 Å². The standard InChI is InChI=1S/C13H18ClNO/c1-8-6-11(8)13(16)12(7-15)9-2-4-10(14)5-3-9/h2-5,8,11-13,16H,6-7,15H2,1H3. The zero-order valence-corrected chi connectivity index (χ0v) is 10.2. The molecule has 1 aromatic rings. The summed E-state index contributed by atoms with van der Waals surface area (Å²) in [5, 5.41) is 10.9. The quantitative estimate of drug-likeness (QED) is 0.848. The van der Waals surface area contributed by atoms with Crippen molar-refractivity contribution in [2.24, 2.45) is 17.6 Å². The van der Waals surface area contributed by atoms with Gasteiger partial charge in [0.15, 0.2) is 0 Å². The Hall–Kier alpha value is -0.570. The fourth-order valence-electron chi connectivity index (χ4n) is 2.31. The van der Waals surface area contributed by atoms with E-state index in [2.05, 4.69) is 6.92 Å². The molecule has 0 bridgehead atoms. The van der Waals surface area contributed by atoms with Crippen LogP contribution in [-0.4, -0.2) is 17.8 Å². The molecular weight excluding hydrogens is 222 g/mol. The molecular formula is C13H18ClNO. The Morgan fingerprint density at radius 2 is 2.00 bits per heavy atom. The average Bonchev–Trinajstić information content (AvgIpc) is 2.99. The summed E-state index contributed by atoms with van der Waals surface area (Å²) >= 11 is 5.84. The number of aliphatic hydroxyl groups is 1. The number of halogens is 1. The number of benzene rings is 1. The first-order valence-corrected chi connectivity index (χ1v) is 6.15. The molecule has 1 aliphatic rings. The van der Waals surface area contributed by atoms with Crippen LogP contribution >= 0.6 is 11.6 Å². The predicted molar refractivity (Wildman–Crippen MR) is 66.5 cm³/mol. The molecule has 2 rings (SSSR count). The van der Waals surface area contributed by atoms with E-state index in [-0.39, 0.29) is 12.0 Å². The molecule has 3 N–H and O–H groups in total. The topological polar surface area (TPSA) is 46.2 Å². The maximum Gasteiger partial charge on any atom is 0.0651 e. The van der Waals surface area contributed by atoms with Gasteiger partial charge in [-0.1, -0.05) is 30.7 Å². The number of hydrogen-bond donors (Lipinski definition) is 2. The number of aliphatic hydroxyl groups excluding tert-OH is 1. The molecule has 1 aromatic carbocycles. The molecule has 3 heteroatoms. The molecule has 0 radical (unpaired) electrons. The average molecular weight is 240 g/mol. The first kappa shape index (κ1) is 11.9. The van der Waals surface area contributed by atoms with Crippen molar-refractivity contribution in [3.8, 4) is 0 Å². The van der Waals surface area contributed by atoms with Gasteiger partial charge < -0.3 is 10.8 Å². The van der Waals surface area contributed by atoms with E-state index in [9.17, 15) is 5.11 Å². The molecule has 16 heavy (non-hydrogen) atoms. The molecule has 88 valence electrons. The molecule has 0 spiro atoms. The third-order valence-corrected chi connectivity index (χ3v) is 3.83. The van der Waals surface area contributed by atoms with Crippen molar-refractivity contribution in [2.45, 2.75) is 25.4 Å². The Morgan fingerprint density at radius 1 is 1.44 bits per heavy atom. The van der Waals surface area contributed by atoms with Gasteiger partial charge in [-0.3, -0.25) is 0 Å². The summed E-state index contributed by atoms with van der Waals surface area (Å²) in [5.74, 6) is 1.09. The third-order valence-electron chi connectivity index (χ3n) is 3.57. The van der Waals surface area contributed by atoms with Gasteiger partial charge in [-0.2, -0.15) is 0 Å². The molecule has 2 nitrogen and oxygen atoms in total. The van der Waals surface area contributed by atoms with Gasteiger partial charge >= 0.3 is 0 Å². The van der Waals surface area contributed by atoms with E-state index >= 15 is 0 Å². The number of rotatable bonds is 4. The van der Waals surface area contributed by atoms with E-state index in [1.54, 1.807) is 0 Å². The molecule has 0 heterocycles. The lowest BCUT2D eigenvalue weighted by Crippen LogP contribution is -2.28. The van der Waals surface area contributed by atoms with Gasteiger partial charge in [0.2, 0.25) is 0 Å². The van der Waals surface area contributed by atoms with E-state index in [0.717, 1.165) is 12.0 Å². The molecule has 0 amide bonds. The largest absolute Gasteiger partial charge is 0.392 e. The number of hydrogen-bond acceptors (Lipinski definition) is 2. The van der Waals surface area contributed by atoms with Gasteiger partial charge in [0.1, 0.15) is 0 Å². The van der Waals surface area contributed by atoms with Crippen LogP contribution in [0.2, 0.25) is 5.02 Å². The zero-order valence-electron chi connectivity index (χ0n) is 9.44. The summed E-state index contributed by atoms with van der Waals surface area (Å²) < 4.78 is 0. The van der Waals surface area contributed by atoms with E-state index in [0.29, 0.717) is 23.4 Å². The predicted octanol–water partition coefficient (Wildman–Crippen LogP) is 2.40. The van der Waals surface area contributed by atoms with Crippen molar-refractivity contribution < 1.29 is 5.11 Å². The van der Waals surface area contributed by atoms with Gasteiger partial charge in [0.25, 0.3) is 0 Å². The maximum atomic E-state index is 10.2. The summed E-state index contributed by atoms with van der Waals surface area (Å²) in [4.78, 5) is 0. The van der Waals surface area contributed by atoms with Crippen LogP contribution in [0.25, 0.3) is 0 Å². The lowest BCUT2D eigenvalue weighted by molar-refractivity contribution is 0.118. The van der Waals surface area contributed by atoms with E-state index in [1.165, 1.54) is 0 Å². The molecule has 1 saturated carbocycles. The molecule has 1 fully saturated rings. The van der Waals surface area contributed by atoms with Crippen LogP contribution in [-0.2, 0) is 0 Å². The minimum atomic E-state index is -0.318. The molecule has 4 atom stereocenters. The highest BCUT2D eigenvalue weighted by atomic mass is 35.5. The van der Waals surface area contributed by atoms with Crippen molar-refractivity contribution in [3.05, 3.63) is 34.9 Å². The Labute approximate surface area is 101 Å². The summed E-state index contributed by atoms with van der Waals surface area (Å²) in [7, 11) is 0. The summed E-state index contributed by atoms with van der Waals surface area (Å²) in [6, 6.07) is 7.61. The summed E-state index contributed by atoms with van der Waals surface area (Å²) in [5.41, 5.74) is 6.84. The van der Waals surface area contributed by atoms with Gasteiger partial charge in [-0.15, -0.1) is 0 Å². The zero-order chi connectivity index (χ0) is 11.7. The van der Waals surface area contributed by atoms with Crippen molar-refractivity contribution in [1.29, 1.82) is 0 Å². The second-order valence-electron chi connectivity index (χ2n) is 4.76. The van der Waals surface area contributed by atoms with Crippen LogP contribution in [0.3, 0.4) is 0 Å². The smallest absolute Gasteiger partial charge is 0.0651 e. The van der Waals surface area contributed by atoms with Gasteiger partial charge in [-0.25, -0.2) is 0 Å². The molecule has 0 aliphatic heterocycles. The van der Waals surface area contributed by atoms with E-state index in [4.69, 9.17) is 17.3 Å². The minimum absolute atomic E-state index is 0.0345. The van der Waals surface area contributed by atoms with Crippen LogP contribution in [0.5, 0.6) is 0 Å². The lowest BCUT2D eigenvalue weighted by atomic mass is 9.90. The van der Waals surface area contributed by atoms with Crippen molar-refractivity contribution in [2.75, 3.05) is 6.54 Å². The second kappa shape index (κ2) is 4.74. The summed E-state index contributed by atoms with van der Waals surface area (Å²) in [6.45, 7) is 2.65. The first-order chi connectivity index (χ1) is 7.63. The van der Waals surface area contributed by atoms with Crippen molar-refractivity contribution >= 4 is 11.6 Å². The maximum absolute atomic E-state index is 10.2. The molecule has 1 aliphatic carbocycles. The Bertz CT molecular complexity index is 351. The van der Waals surface area contributed by atoms with Crippen LogP contribution in [0.1, 0.15) is 24.8 Å². The molecule has 0 saturated heterocycles. The first-order valence-electron chi connectivity index (χ1n) is 5.77. The minimum Gasteiger partial charge on any atom is -0.392 e. The van der Waals surface area contributed by atoms with Gasteiger partial charge in [0, 0.05) is 17.5 Å². The highest BCUT2D eigenvalue weighted by Crippen LogP contribution is 2.44. The molecule has 4 unspecified atom stereocenters. The third kappa shape index (κ3) is 2.40. The fraction of sp³-hybridized carbons (Fsp3) is 0.538. The number of nitrogens with two attached hydrogens (primary N) is 1.